The van der Waals surface area contributed by atoms with Crippen molar-refractivity contribution in [2.75, 3.05) is 13.2 Å². The van der Waals surface area contributed by atoms with Crippen LogP contribution in [0.5, 0.6) is 0 Å². The first-order valence-corrected chi connectivity index (χ1v) is 8.08. The van der Waals surface area contributed by atoms with Crippen LogP contribution in [0.4, 0.5) is 0 Å². The van der Waals surface area contributed by atoms with E-state index >= 15 is 0 Å². The van der Waals surface area contributed by atoms with Crippen LogP contribution in [0, 0.1) is 5.92 Å². The molecule has 2 N–H and O–H groups in total. The lowest BCUT2D eigenvalue weighted by atomic mass is 9.83. The van der Waals surface area contributed by atoms with Crippen LogP contribution >= 0.6 is 0 Å². The molecule has 0 unspecified atom stereocenters. The highest BCUT2D eigenvalue weighted by Crippen LogP contribution is 2.37. The third-order valence-electron chi connectivity index (χ3n) is 4.92. The van der Waals surface area contributed by atoms with Crippen molar-refractivity contribution >= 4 is 21.5 Å². The third kappa shape index (κ3) is 2.29. The normalized spacial score (nSPS) is 17.9. The van der Waals surface area contributed by atoms with Crippen LogP contribution in [-0.2, 0) is 4.74 Å². The van der Waals surface area contributed by atoms with Crippen LogP contribution in [-0.4, -0.2) is 13.2 Å². The minimum Gasteiger partial charge on any atom is -0.381 e. The van der Waals surface area contributed by atoms with E-state index in [-0.39, 0.29) is 6.04 Å². The maximum atomic E-state index is 6.75. The average molecular weight is 291 g/mol. The van der Waals surface area contributed by atoms with Crippen molar-refractivity contribution in [3.63, 3.8) is 0 Å². The molecule has 0 aromatic heterocycles. The smallest absolute Gasteiger partial charge is 0.0469 e. The van der Waals surface area contributed by atoms with Crippen LogP contribution in [0.2, 0.25) is 0 Å². The first-order chi connectivity index (χ1) is 10.8. The van der Waals surface area contributed by atoms with Crippen molar-refractivity contribution in [3.05, 3.63) is 60.2 Å². The second-order valence-electron chi connectivity index (χ2n) is 6.21. The van der Waals surface area contributed by atoms with Gasteiger partial charge < -0.3 is 10.5 Å². The molecule has 0 amide bonds. The van der Waals surface area contributed by atoms with Crippen molar-refractivity contribution in [3.8, 4) is 0 Å². The Hall–Kier alpha value is -1.90. The van der Waals surface area contributed by atoms with Gasteiger partial charge >= 0.3 is 0 Å². The fraction of sp³-hybridized carbons (Fsp3) is 0.300. The fourth-order valence-electron chi connectivity index (χ4n) is 3.72. The second-order valence-corrected chi connectivity index (χ2v) is 6.21. The number of ether oxygens (including phenoxy) is 1. The molecule has 1 fully saturated rings. The Balaban J connectivity index is 1.95. The maximum Gasteiger partial charge on any atom is 0.0469 e. The number of benzene rings is 3. The number of nitrogens with two attached hydrogens (primary N) is 1. The SMILES string of the molecule is N[C@H](c1c2ccccc2cc2ccccc12)C1CCOCC1. The van der Waals surface area contributed by atoms with Gasteiger partial charge in [0.1, 0.15) is 0 Å². The molecule has 0 saturated carbocycles. The van der Waals surface area contributed by atoms with Gasteiger partial charge in [0.2, 0.25) is 0 Å². The quantitative estimate of drug-likeness (QED) is 0.709. The van der Waals surface area contributed by atoms with E-state index in [4.69, 9.17) is 10.5 Å². The van der Waals surface area contributed by atoms with Crippen molar-refractivity contribution in [2.45, 2.75) is 18.9 Å². The van der Waals surface area contributed by atoms with E-state index < -0.39 is 0 Å². The molecule has 2 heteroatoms. The minimum atomic E-state index is 0.0694. The topological polar surface area (TPSA) is 35.2 Å². The minimum absolute atomic E-state index is 0.0694. The van der Waals surface area contributed by atoms with Gasteiger partial charge in [-0.15, -0.1) is 0 Å². The Morgan fingerprint density at radius 1 is 0.864 bits per heavy atom. The Morgan fingerprint density at radius 3 is 2.00 bits per heavy atom. The molecule has 4 rings (SSSR count). The lowest BCUT2D eigenvalue weighted by Crippen LogP contribution is -2.27. The van der Waals surface area contributed by atoms with Crippen LogP contribution in [0.15, 0.2) is 54.6 Å². The van der Waals surface area contributed by atoms with Gasteiger partial charge in [0.25, 0.3) is 0 Å². The molecular formula is C20H21NO. The third-order valence-corrected chi connectivity index (χ3v) is 4.92. The van der Waals surface area contributed by atoms with Gasteiger partial charge in [0.15, 0.2) is 0 Å². The first kappa shape index (κ1) is 13.7. The van der Waals surface area contributed by atoms with E-state index in [2.05, 4.69) is 54.6 Å². The molecule has 112 valence electrons. The van der Waals surface area contributed by atoms with E-state index in [1.807, 2.05) is 0 Å². The summed E-state index contributed by atoms with van der Waals surface area (Å²) in [6.07, 6.45) is 2.11. The van der Waals surface area contributed by atoms with Crippen LogP contribution in [0.1, 0.15) is 24.4 Å². The first-order valence-electron chi connectivity index (χ1n) is 8.08. The van der Waals surface area contributed by atoms with Crippen LogP contribution in [0.25, 0.3) is 21.5 Å². The molecule has 3 aromatic rings. The summed E-state index contributed by atoms with van der Waals surface area (Å²) in [6, 6.07) is 19.5. The van der Waals surface area contributed by atoms with Gasteiger partial charge in [-0.1, -0.05) is 48.5 Å². The van der Waals surface area contributed by atoms with Crippen molar-refractivity contribution in [1.29, 1.82) is 0 Å². The molecule has 22 heavy (non-hydrogen) atoms. The number of fused-ring (bicyclic) bond motifs is 2. The van der Waals surface area contributed by atoms with E-state index in [1.165, 1.54) is 27.1 Å². The molecule has 1 aliphatic rings. The molecule has 1 atom stereocenters. The Labute approximate surface area is 130 Å². The summed E-state index contributed by atoms with van der Waals surface area (Å²) < 4.78 is 5.51. The Morgan fingerprint density at radius 2 is 1.41 bits per heavy atom. The Bertz CT molecular complexity index is 751. The number of rotatable bonds is 2. The molecule has 1 heterocycles. The average Bonchev–Trinajstić information content (AvgIpc) is 2.60. The van der Waals surface area contributed by atoms with E-state index in [9.17, 15) is 0 Å². The van der Waals surface area contributed by atoms with Gasteiger partial charge in [-0.3, -0.25) is 0 Å². The largest absolute Gasteiger partial charge is 0.381 e. The molecule has 1 saturated heterocycles. The van der Waals surface area contributed by atoms with Gasteiger partial charge in [0, 0.05) is 19.3 Å². The van der Waals surface area contributed by atoms with E-state index in [0.29, 0.717) is 5.92 Å². The van der Waals surface area contributed by atoms with Crippen molar-refractivity contribution in [2.24, 2.45) is 11.7 Å². The number of hydrogen-bond acceptors (Lipinski definition) is 2. The van der Waals surface area contributed by atoms with Gasteiger partial charge in [-0.2, -0.15) is 0 Å². The van der Waals surface area contributed by atoms with E-state index in [0.717, 1.165) is 26.1 Å². The van der Waals surface area contributed by atoms with Gasteiger partial charge in [-0.25, -0.2) is 0 Å². The van der Waals surface area contributed by atoms with Crippen molar-refractivity contribution < 1.29 is 4.74 Å². The zero-order chi connectivity index (χ0) is 14.9. The summed E-state index contributed by atoms with van der Waals surface area (Å²) in [4.78, 5) is 0. The zero-order valence-corrected chi connectivity index (χ0v) is 12.7. The predicted octanol–water partition coefficient (Wildman–Crippen LogP) is 4.42. The molecule has 3 aromatic carbocycles. The van der Waals surface area contributed by atoms with Crippen molar-refractivity contribution in [1.82, 2.24) is 0 Å². The molecule has 0 bridgehead atoms. The summed E-state index contributed by atoms with van der Waals surface area (Å²) in [5, 5.41) is 5.14. The predicted molar refractivity (Wildman–Crippen MR) is 91.9 cm³/mol. The van der Waals surface area contributed by atoms with E-state index in [1.54, 1.807) is 0 Å². The standard InChI is InChI=1S/C20H21NO/c21-20(14-9-11-22-12-10-14)19-17-7-3-1-5-15(17)13-16-6-2-4-8-18(16)19/h1-8,13-14,20H,9-12,21H2/t20-/m0/s1. The fourth-order valence-corrected chi connectivity index (χ4v) is 3.72. The van der Waals surface area contributed by atoms with Crippen LogP contribution < -0.4 is 5.73 Å². The molecular weight excluding hydrogens is 270 g/mol. The summed E-state index contributed by atoms with van der Waals surface area (Å²) in [6.45, 7) is 1.67. The monoisotopic (exact) mass is 291 g/mol. The lowest BCUT2D eigenvalue weighted by molar-refractivity contribution is 0.0586. The summed E-state index contributed by atoms with van der Waals surface area (Å²) in [5.74, 6) is 0.503. The summed E-state index contributed by atoms with van der Waals surface area (Å²) in [7, 11) is 0. The highest BCUT2D eigenvalue weighted by Gasteiger charge is 2.25. The molecule has 1 aliphatic heterocycles. The highest BCUT2D eigenvalue weighted by atomic mass is 16.5. The molecule has 0 spiro atoms. The molecule has 0 radical (unpaired) electrons. The molecule has 0 aliphatic carbocycles. The van der Waals surface area contributed by atoms with Gasteiger partial charge in [-0.05, 0) is 51.9 Å². The van der Waals surface area contributed by atoms with Gasteiger partial charge in [0.05, 0.1) is 0 Å². The highest BCUT2D eigenvalue weighted by molar-refractivity contribution is 6.02. The lowest BCUT2D eigenvalue weighted by Gasteiger charge is -2.29. The maximum absolute atomic E-state index is 6.75. The summed E-state index contributed by atoms with van der Waals surface area (Å²) in [5.41, 5.74) is 8.05. The Kier molecular flexibility index (Phi) is 3.57. The zero-order valence-electron chi connectivity index (χ0n) is 12.7. The van der Waals surface area contributed by atoms with Crippen LogP contribution in [0.3, 0.4) is 0 Å². The summed E-state index contributed by atoms with van der Waals surface area (Å²) >= 11 is 0. The number of hydrogen-bond donors (Lipinski definition) is 1. The molecule has 2 nitrogen and oxygen atoms in total. The second kappa shape index (κ2) is 5.71.